The van der Waals surface area contributed by atoms with Crippen LogP contribution in [0, 0.1) is 5.92 Å². The molecular weight excluding hydrogens is 492 g/mol. The molecule has 160 valence electrons. The van der Waals surface area contributed by atoms with Crippen LogP contribution >= 0.6 is 39.7 Å². The van der Waals surface area contributed by atoms with Gasteiger partial charge in [-0.05, 0) is 60.3 Å². The van der Waals surface area contributed by atoms with E-state index in [0.29, 0.717) is 10.1 Å². The second kappa shape index (κ2) is 9.70. The second-order valence-corrected chi connectivity index (χ2v) is 9.52. The van der Waals surface area contributed by atoms with Crippen molar-refractivity contribution in [2.45, 2.75) is 18.4 Å². The normalized spacial score (nSPS) is 15.0. The van der Waals surface area contributed by atoms with Crippen LogP contribution in [0.5, 0.6) is 0 Å². The van der Waals surface area contributed by atoms with E-state index in [0.717, 1.165) is 47.2 Å². The highest BCUT2D eigenvalue weighted by Gasteiger charge is 2.41. The number of aliphatic hydroxyl groups is 1. The van der Waals surface area contributed by atoms with E-state index < -0.39 is 5.60 Å². The van der Waals surface area contributed by atoms with E-state index in [-0.39, 0.29) is 5.92 Å². The first-order valence-electron chi connectivity index (χ1n) is 10.3. The molecule has 0 atom stereocenters. The minimum Gasteiger partial charge on any atom is -0.380 e. The maximum absolute atomic E-state index is 12.0. The van der Waals surface area contributed by atoms with E-state index in [9.17, 15) is 5.11 Å². The first-order chi connectivity index (χ1) is 15.0. The Hall–Kier alpha value is -1.92. The average Bonchev–Trinajstić information content (AvgIpc) is 2.81. The minimum absolute atomic E-state index is 0.0904. The van der Waals surface area contributed by atoms with Gasteiger partial charge in [-0.3, -0.25) is 0 Å². The third-order valence-electron chi connectivity index (χ3n) is 5.97. The lowest BCUT2D eigenvalue weighted by Crippen LogP contribution is -2.47. The lowest BCUT2D eigenvalue weighted by Gasteiger charge is -2.43. The number of halogens is 2. The number of likely N-dealkylation sites (tertiary alicyclic amines) is 1. The number of nitrogens with one attached hydrogen (secondary N) is 1. The number of anilines is 1. The second-order valence-electron chi connectivity index (χ2n) is 7.81. The Bertz CT molecular complexity index is 1000. The monoisotopic (exact) mass is 514 g/mol. The van der Waals surface area contributed by atoms with Crippen molar-refractivity contribution in [1.29, 1.82) is 0 Å². The van der Waals surface area contributed by atoms with Crippen molar-refractivity contribution in [3.8, 4) is 0 Å². The summed E-state index contributed by atoms with van der Waals surface area (Å²) in [4.78, 5) is 2.15. The fourth-order valence-electron chi connectivity index (χ4n) is 4.31. The van der Waals surface area contributed by atoms with Crippen LogP contribution < -0.4 is 5.32 Å². The summed E-state index contributed by atoms with van der Waals surface area (Å²) in [5.74, 6) is 0.0904. The molecule has 0 radical (unpaired) electrons. The number of nitrogens with zero attached hydrogens (tertiary/aromatic N) is 1. The molecule has 1 fully saturated rings. The molecule has 0 amide bonds. The smallest absolute Gasteiger partial charge is 0.173 e. The fraction of sp³-hybridized carbons (Fsp3) is 0.240. The molecule has 2 N–H and O–H groups in total. The summed E-state index contributed by atoms with van der Waals surface area (Å²) in [6, 6.07) is 25.7. The molecule has 0 saturated carbocycles. The number of hydrogen-bond donors (Lipinski definition) is 2. The van der Waals surface area contributed by atoms with Crippen LogP contribution in [0.1, 0.15) is 24.0 Å². The minimum atomic E-state index is -1.03. The Morgan fingerprint density at radius 1 is 0.968 bits per heavy atom. The van der Waals surface area contributed by atoms with Gasteiger partial charge in [0.05, 0.1) is 10.7 Å². The Kier molecular flexibility index (Phi) is 6.97. The van der Waals surface area contributed by atoms with Gasteiger partial charge in [0.1, 0.15) is 5.60 Å². The third-order valence-corrected chi connectivity index (χ3v) is 7.14. The maximum atomic E-state index is 12.0. The molecule has 4 rings (SSSR count). The predicted molar refractivity (Wildman–Crippen MR) is 136 cm³/mol. The Balaban J connectivity index is 1.50. The summed E-state index contributed by atoms with van der Waals surface area (Å²) >= 11 is 15.4. The molecule has 0 aromatic heterocycles. The quantitative estimate of drug-likeness (QED) is 0.392. The lowest BCUT2D eigenvalue weighted by molar-refractivity contribution is -0.00631. The Morgan fingerprint density at radius 3 is 2.03 bits per heavy atom. The van der Waals surface area contributed by atoms with Crippen molar-refractivity contribution in [3.05, 3.63) is 99.5 Å². The van der Waals surface area contributed by atoms with Gasteiger partial charge in [-0.2, -0.15) is 0 Å². The average molecular weight is 516 g/mol. The van der Waals surface area contributed by atoms with Crippen LogP contribution in [0.2, 0.25) is 5.02 Å². The highest BCUT2D eigenvalue weighted by atomic mass is 79.9. The summed E-state index contributed by atoms with van der Waals surface area (Å²) in [7, 11) is 0. The van der Waals surface area contributed by atoms with Gasteiger partial charge in [-0.1, -0.05) is 88.2 Å². The first-order valence-corrected chi connectivity index (χ1v) is 11.9. The molecule has 3 aromatic carbocycles. The molecule has 1 aliphatic heterocycles. The van der Waals surface area contributed by atoms with Gasteiger partial charge >= 0.3 is 0 Å². The first kappa shape index (κ1) is 22.3. The molecule has 0 bridgehead atoms. The lowest BCUT2D eigenvalue weighted by atomic mass is 9.72. The molecule has 0 aliphatic carbocycles. The summed E-state index contributed by atoms with van der Waals surface area (Å²) < 4.78 is 0.927. The zero-order chi connectivity index (χ0) is 21.8. The SMILES string of the molecule is OC(c1ccccc1)(c1ccccc1)C1CCN(C(=S)Nc2ccc(Br)cc2Cl)CC1. The van der Waals surface area contributed by atoms with E-state index in [2.05, 4.69) is 26.1 Å². The van der Waals surface area contributed by atoms with Crippen molar-refractivity contribution in [2.75, 3.05) is 18.4 Å². The van der Waals surface area contributed by atoms with Crippen LogP contribution in [-0.4, -0.2) is 28.2 Å². The number of benzene rings is 3. The summed E-state index contributed by atoms with van der Waals surface area (Å²) in [5, 5.41) is 16.6. The molecule has 3 nitrogen and oxygen atoms in total. The van der Waals surface area contributed by atoms with Gasteiger partial charge in [0, 0.05) is 17.6 Å². The summed E-state index contributed by atoms with van der Waals surface area (Å²) in [5.41, 5.74) is 1.63. The van der Waals surface area contributed by atoms with Crippen LogP contribution in [0.15, 0.2) is 83.3 Å². The number of rotatable bonds is 4. The van der Waals surface area contributed by atoms with Crippen LogP contribution in [0.25, 0.3) is 0 Å². The van der Waals surface area contributed by atoms with Crippen molar-refractivity contribution < 1.29 is 5.11 Å². The van der Waals surface area contributed by atoms with Crippen molar-refractivity contribution in [2.24, 2.45) is 5.92 Å². The van der Waals surface area contributed by atoms with Crippen LogP contribution in [0.4, 0.5) is 5.69 Å². The van der Waals surface area contributed by atoms with E-state index in [1.54, 1.807) is 0 Å². The van der Waals surface area contributed by atoms with Gasteiger partial charge in [-0.25, -0.2) is 0 Å². The molecule has 0 spiro atoms. The van der Waals surface area contributed by atoms with E-state index >= 15 is 0 Å². The van der Waals surface area contributed by atoms with Gasteiger partial charge in [0.15, 0.2) is 5.11 Å². The predicted octanol–water partition coefficient (Wildman–Crippen LogP) is 6.45. The number of hydrogen-bond acceptors (Lipinski definition) is 2. The fourth-order valence-corrected chi connectivity index (χ4v) is 5.32. The number of piperidine rings is 1. The van der Waals surface area contributed by atoms with Gasteiger partial charge in [-0.15, -0.1) is 0 Å². The van der Waals surface area contributed by atoms with E-state index in [1.165, 1.54) is 0 Å². The molecule has 6 heteroatoms. The molecule has 1 heterocycles. The maximum Gasteiger partial charge on any atom is 0.173 e. The molecule has 1 aliphatic rings. The van der Waals surface area contributed by atoms with E-state index in [4.69, 9.17) is 23.8 Å². The molecular formula is C25H24BrClN2OS. The molecule has 31 heavy (non-hydrogen) atoms. The van der Waals surface area contributed by atoms with E-state index in [1.807, 2.05) is 78.9 Å². The Labute approximate surface area is 202 Å². The van der Waals surface area contributed by atoms with Crippen molar-refractivity contribution in [3.63, 3.8) is 0 Å². The van der Waals surface area contributed by atoms with Crippen molar-refractivity contribution in [1.82, 2.24) is 4.90 Å². The number of thiocarbonyl (C=S) groups is 1. The largest absolute Gasteiger partial charge is 0.380 e. The molecule has 1 saturated heterocycles. The van der Waals surface area contributed by atoms with Crippen LogP contribution in [0.3, 0.4) is 0 Å². The Morgan fingerprint density at radius 2 is 1.52 bits per heavy atom. The molecule has 0 unspecified atom stereocenters. The zero-order valence-corrected chi connectivity index (χ0v) is 20.1. The molecule has 3 aromatic rings. The highest BCUT2D eigenvalue weighted by Crippen LogP contribution is 2.42. The van der Waals surface area contributed by atoms with Gasteiger partial charge in [0.25, 0.3) is 0 Å². The summed E-state index contributed by atoms with van der Waals surface area (Å²) in [6.07, 6.45) is 1.66. The van der Waals surface area contributed by atoms with Crippen LogP contribution in [-0.2, 0) is 5.60 Å². The third kappa shape index (κ3) is 4.80. The van der Waals surface area contributed by atoms with Gasteiger partial charge < -0.3 is 15.3 Å². The topological polar surface area (TPSA) is 35.5 Å². The zero-order valence-electron chi connectivity index (χ0n) is 17.0. The highest BCUT2D eigenvalue weighted by molar-refractivity contribution is 9.10. The summed E-state index contributed by atoms with van der Waals surface area (Å²) in [6.45, 7) is 1.54. The standard InChI is InChI=1S/C25H24BrClN2OS/c26-21-11-12-23(22(27)17-21)28-24(31)29-15-13-20(14-16-29)25(30,18-7-3-1-4-8-18)19-9-5-2-6-10-19/h1-12,17,20,30H,13-16H2,(H,28,31). The van der Waals surface area contributed by atoms with Crippen molar-refractivity contribution >= 4 is 50.5 Å². The van der Waals surface area contributed by atoms with Gasteiger partial charge in [0.2, 0.25) is 0 Å².